The number of carbonyl (C=O) groups is 2. The van der Waals surface area contributed by atoms with E-state index in [2.05, 4.69) is 17.3 Å². The van der Waals surface area contributed by atoms with Gasteiger partial charge < -0.3 is 4.42 Å². The first-order valence-electron chi connectivity index (χ1n) is 10.2. The van der Waals surface area contributed by atoms with Gasteiger partial charge in [0.05, 0.1) is 23.6 Å². The number of nitrogens with zero attached hydrogens (tertiary/aromatic N) is 2. The Labute approximate surface area is 175 Å². The average molecular weight is 426 g/mol. The number of hydrazone groups is 1. The Kier molecular flexibility index (Phi) is 3.71. The van der Waals surface area contributed by atoms with E-state index in [-0.39, 0.29) is 52.6 Å². The van der Waals surface area contributed by atoms with E-state index in [1.807, 2.05) is 0 Å². The normalized spacial score (nSPS) is 33.3. The molecule has 6 atom stereocenters. The average Bonchev–Trinajstić information content (AvgIpc) is 3.38. The Balaban J connectivity index is 1.23. The molecule has 8 heteroatoms. The van der Waals surface area contributed by atoms with Gasteiger partial charge in [-0.1, -0.05) is 24.3 Å². The van der Waals surface area contributed by atoms with E-state index in [0.29, 0.717) is 11.8 Å². The van der Waals surface area contributed by atoms with Crippen molar-refractivity contribution in [3.05, 3.63) is 59.9 Å². The van der Waals surface area contributed by atoms with Crippen LogP contribution in [0.4, 0.5) is 13.2 Å². The van der Waals surface area contributed by atoms with Crippen LogP contribution in [-0.4, -0.2) is 23.0 Å². The molecule has 1 aromatic carbocycles. The monoisotopic (exact) mass is 426 g/mol. The molecule has 2 amide bonds. The summed E-state index contributed by atoms with van der Waals surface area (Å²) in [7, 11) is 0. The molecule has 31 heavy (non-hydrogen) atoms. The summed E-state index contributed by atoms with van der Waals surface area (Å²) in [6, 6.07) is 7.89. The van der Waals surface area contributed by atoms with Crippen LogP contribution in [0.3, 0.4) is 0 Å². The van der Waals surface area contributed by atoms with Gasteiger partial charge in [-0.25, -0.2) is 0 Å². The van der Waals surface area contributed by atoms with Crippen molar-refractivity contribution in [3.8, 4) is 11.3 Å². The molecular formula is C23H17F3N2O3. The van der Waals surface area contributed by atoms with Crippen LogP contribution >= 0.6 is 0 Å². The van der Waals surface area contributed by atoms with E-state index in [4.69, 9.17) is 4.42 Å². The molecule has 0 radical (unpaired) electrons. The number of rotatable bonds is 3. The number of alkyl halides is 3. The van der Waals surface area contributed by atoms with Crippen LogP contribution in [0.5, 0.6) is 0 Å². The predicted molar refractivity (Wildman–Crippen MR) is 103 cm³/mol. The standard InChI is InChI=1S/C23H17F3N2O3/c24-23(25,26)12-3-1-2-11(8-12)18-7-4-13(31-18)10-27-28-21(29)19-14-5-6-15(17-9-16(14)17)20(19)22(28)30/h1-8,10,14-17,19-20H,9H2/b27-10+/t14-,15-,16-,17-,19+,20+/m1/s1. The summed E-state index contributed by atoms with van der Waals surface area (Å²) in [5.74, 6) is 0.520. The molecular weight excluding hydrogens is 409 g/mol. The molecule has 5 aliphatic rings. The molecule has 158 valence electrons. The lowest BCUT2D eigenvalue weighted by Crippen LogP contribution is -2.40. The van der Waals surface area contributed by atoms with Crippen LogP contribution in [0.15, 0.2) is 58.1 Å². The van der Waals surface area contributed by atoms with Crippen molar-refractivity contribution in [2.75, 3.05) is 0 Å². The molecule has 1 aliphatic heterocycles. The lowest BCUT2D eigenvalue weighted by atomic mass is 9.63. The Morgan fingerprint density at radius 3 is 2.32 bits per heavy atom. The van der Waals surface area contributed by atoms with Crippen molar-refractivity contribution >= 4 is 18.0 Å². The van der Waals surface area contributed by atoms with Crippen molar-refractivity contribution in [3.63, 3.8) is 0 Å². The van der Waals surface area contributed by atoms with Gasteiger partial charge in [0, 0.05) is 5.56 Å². The number of amides is 2. The first-order valence-corrected chi connectivity index (χ1v) is 10.2. The van der Waals surface area contributed by atoms with Crippen LogP contribution in [-0.2, 0) is 15.8 Å². The van der Waals surface area contributed by atoms with E-state index in [1.165, 1.54) is 30.5 Å². The maximum atomic E-state index is 12.9. The lowest BCUT2D eigenvalue weighted by Gasteiger charge is -2.37. The zero-order valence-electron chi connectivity index (χ0n) is 16.1. The van der Waals surface area contributed by atoms with Gasteiger partial charge in [-0.3, -0.25) is 9.59 Å². The fourth-order valence-electron chi connectivity index (χ4n) is 5.60. The number of allylic oxidation sites excluding steroid dienone is 2. The van der Waals surface area contributed by atoms with E-state index in [1.54, 1.807) is 0 Å². The summed E-state index contributed by atoms with van der Waals surface area (Å²) in [4.78, 5) is 25.8. The minimum absolute atomic E-state index is 0.118. The summed E-state index contributed by atoms with van der Waals surface area (Å²) in [5, 5.41) is 5.03. The zero-order chi connectivity index (χ0) is 21.5. The van der Waals surface area contributed by atoms with Crippen LogP contribution in [0.25, 0.3) is 11.3 Å². The minimum Gasteiger partial charge on any atom is -0.455 e. The summed E-state index contributed by atoms with van der Waals surface area (Å²) >= 11 is 0. The van der Waals surface area contributed by atoms with Gasteiger partial charge in [0.25, 0.3) is 11.8 Å². The molecule has 0 unspecified atom stereocenters. The molecule has 0 spiro atoms. The zero-order valence-corrected chi connectivity index (χ0v) is 16.1. The molecule has 5 nitrogen and oxygen atoms in total. The molecule has 0 N–H and O–H groups in total. The van der Waals surface area contributed by atoms with Gasteiger partial charge in [-0.15, -0.1) is 0 Å². The molecule has 4 aliphatic carbocycles. The number of hydrogen-bond acceptors (Lipinski definition) is 4. The van der Waals surface area contributed by atoms with Crippen molar-refractivity contribution in [2.45, 2.75) is 12.6 Å². The van der Waals surface area contributed by atoms with E-state index in [0.717, 1.165) is 23.6 Å². The van der Waals surface area contributed by atoms with E-state index in [9.17, 15) is 22.8 Å². The van der Waals surface area contributed by atoms with Crippen molar-refractivity contribution in [1.82, 2.24) is 5.01 Å². The van der Waals surface area contributed by atoms with Gasteiger partial charge in [0.2, 0.25) is 0 Å². The number of hydrogen-bond donors (Lipinski definition) is 0. The maximum Gasteiger partial charge on any atom is 0.416 e. The first-order chi connectivity index (χ1) is 14.8. The number of furan rings is 1. The highest BCUT2D eigenvalue weighted by atomic mass is 19.4. The third kappa shape index (κ3) is 2.73. The second-order valence-corrected chi connectivity index (χ2v) is 8.67. The SMILES string of the molecule is O=C1[C@H]2[C@@H]3C=C[C@H]([C@H]4C[C@H]34)[C@@H]2C(=O)N1/N=C/c1ccc(-c2cccc(C(F)(F)F)c2)o1. The van der Waals surface area contributed by atoms with Gasteiger partial charge in [-0.2, -0.15) is 23.3 Å². The molecule has 7 rings (SSSR count). The summed E-state index contributed by atoms with van der Waals surface area (Å²) in [6.07, 6.45) is 2.08. The highest BCUT2D eigenvalue weighted by Crippen LogP contribution is 2.65. The molecule has 3 fully saturated rings. The first kappa shape index (κ1) is 18.6. The molecule has 2 bridgehead atoms. The number of benzene rings is 1. The Hall–Kier alpha value is -3.16. The Bertz CT molecular complexity index is 1130. The third-order valence-corrected chi connectivity index (χ3v) is 7.04. The number of carbonyl (C=O) groups excluding carboxylic acids is 2. The van der Waals surface area contributed by atoms with Crippen LogP contribution in [0.2, 0.25) is 0 Å². The quantitative estimate of drug-likeness (QED) is 0.416. The maximum absolute atomic E-state index is 12.9. The fourth-order valence-corrected chi connectivity index (χ4v) is 5.60. The topological polar surface area (TPSA) is 62.9 Å². The highest BCUT2D eigenvalue weighted by Gasteiger charge is 2.67. The fraction of sp³-hybridized carbons (Fsp3) is 0.348. The molecule has 2 heterocycles. The molecule has 1 aromatic heterocycles. The highest BCUT2D eigenvalue weighted by molar-refractivity contribution is 6.06. The van der Waals surface area contributed by atoms with Crippen molar-refractivity contribution in [2.24, 2.45) is 40.6 Å². The van der Waals surface area contributed by atoms with E-state index >= 15 is 0 Å². The van der Waals surface area contributed by atoms with Gasteiger partial charge in [0.15, 0.2) is 0 Å². The molecule has 1 saturated heterocycles. The number of imide groups is 1. The van der Waals surface area contributed by atoms with Crippen molar-refractivity contribution < 1.29 is 27.2 Å². The van der Waals surface area contributed by atoms with Gasteiger partial charge in [-0.05, 0) is 54.4 Å². The summed E-state index contributed by atoms with van der Waals surface area (Å²) in [5.41, 5.74) is -0.496. The number of halogens is 3. The Morgan fingerprint density at radius 1 is 1.00 bits per heavy atom. The third-order valence-electron chi connectivity index (χ3n) is 7.04. The minimum atomic E-state index is -4.45. The smallest absolute Gasteiger partial charge is 0.416 e. The predicted octanol–water partition coefficient (Wildman–Crippen LogP) is 4.35. The van der Waals surface area contributed by atoms with Gasteiger partial charge >= 0.3 is 6.18 Å². The summed E-state index contributed by atoms with van der Waals surface area (Å²) < 4.78 is 44.4. The summed E-state index contributed by atoms with van der Waals surface area (Å²) in [6.45, 7) is 0. The van der Waals surface area contributed by atoms with Crippen LogP contribution < -0.4 is 0 Å². The Morgan fingerprint density at radius 2 is 1.68 bits per heavy atom. The largest absolute Gasteiger partial charge is 0.455 e. The van der Waals surface area contributed by atoms with Gasteiger partial charge in [0.1, 0.15) is 11.5 Å². The van der Waals surface area contributed by atoms with Crippen LogP contribution in [0.1, 0.15) is 17.7 Å². The lowest BCUT2D eigenvalue weighted by molar-refractivity contribution is -0.140. The van der Waals surface area contributed by atoms with Crippen molar-refractivity contribution in [1.29, 1.82) is 0 Å². The molecule has 2 saturated carbocycles. The van der Waals surface area contributed by atoms with Crippen LogP contribution in [0, 0.1) is 35.5 Å². The second-order valence-electron chi connectivity index (χ2n) is 8.67. The van der Waals surface area contributed by atoms with E-state index < -0.39 is 11.7 Å². The second kappa shape index (κ2) is 6.18. The molecule has 2 aromatic rings.